The van der Waals surface area contributed by atoms with E-state index in [1.165, 1.54) is 0 Å². The zero-order chi connectivity index (χ0) is 10.9. The summed E-state index contributed by atoms with van der Waals surface area (Å²) in [4.78, 5) is 4.41. The Labute approximate surface area is 99.8 Å². The molecule has 0 saturated carbocycles. The van der Waals surface area contributed by atoms with Crippen molar-refractivity contribution in [3.05, 3.63) is 11.1 Å². The Morgan fingerprint density at radius 1 is 1.53 bits per heavy atom. The van der Waals surface area contributed by atoms with Crippen LogP contribution in [-0.2, 0) is 11.2 Å². The van der Waals surface area contributed by atoms with E-state index in [0.29, 0.717) is 12.5 Å². The van der Waals surface area contributed by atoms with E-state index in [4.69, 9.17) is 16.3 Å². The maximum Gasteiger partial charge on any atom is 0.182 e. The molecule has 0 aromatic carbocycles. The lowest BCUT2D eigenvalue weighted by Crippen LogP contribution is -2.06. The van der Waals surface area contributed by atoms with Crippen LogP contribution in [-0.4, -0.2) is 30.6 Å². The summed E-state index contributed by atoms with van der Waals surface area (Å²) >= 11 is 7.14. The molecule has 1 aromatic rings. The van der Waals surface area contributed by atoms with Gasteiger partial charge in [-0.2, -0.15) is 0 Å². The lowest BCUT2D eigenvalue weighted by atomic mass is 10.4. The molecular formula is C10H17ClN2OS. The molecule has 0 radical (unpaired) electrons. The number of ether oxygens (including phenoxy) is 1. The third-order valence-corrected chi connectivity index (χ3v) is 2.88. The molecule has 0 saturated heterocycles. The molecule has 1 rings (SSSR count). The minimum absolute atomic E-state index is 0.569. The largest absolute Gasteiger partial charge is 0.380 e. The molecule has 0 amide bonds. The lowest BCUT2D eigenvalue weighted by molar-refractivity contribution is 0.149. The van der Waals surface area contributed by atoms with Crippen LogP contribution in [0, 0.1) is 0 Å². The highest BCUT2D eigenvalue weighted by Crippen LogP contribution is 2.15. The van der Waals surface area contributed by atoms with Gasteiger partial charge in [-0.25, -0.2) is 4.98 Å². The molecular weight excluding hydrogens is 232 g/mol. The van der Waals surface area contributed by atoms with Gasteiger partial charge in [-0.05, 0) is 12.8 Å². The van der Waals surface area contributed by atoms with E-state index in [0.717, 1.165) is 36.8 Å². The van der Waals surface area contributed by atoms with Gasteiger partial charge in [0.25, 0.3) is 0 Å². The molecule has 1 heterocycles. The quantitative estimate of drug-likeness (QED) is 0.568. The molecule has 0 aliphatic heterocycles. The predicted octanol–water partition coefficient (Wildman–Crippen LogP) is 2.76. The SMILES string of the molecule is CCc1csc(NCCCOCCCl)n1. The molecule has 1 N–H and O–H groups in total. The predicted molar refractivity (Wildman–Crippen MR) is 66.1 cm³/mol. The first-order valence-corrected chi connectivity index (χ1v) is 6.60. The third-order valence-electron chi connectivity index (χ3n) is 1.88. The van der Waals surface area contributed by atoms with Gasteiger partial charge in [0.1, 0.15) is 0 Å². The van der Waals surface area contributed by atoms with Crippen molar-refractivity contribution < 1.29 is 4.74 Å². The number of alkyl halides is 1. The number of aromatic nitrogens is 1. The molecule has 5 heteroatoms. The lowest BCUT2D eigenvalue weighted by Gasteiger charge is -2.02. The van der Waals surface area contributed by atoms with Gasteiger partial charge in [-0.15, -0.1) is 22.9 Å². The molecule has 1 aromatic heterocycles. The van der Waals surface area contributed by atoms with E-state index < -0.39 is 0 Å². The van der Waals surface area contributed by atoms with Crippen molar-refractivity contribution in [2.45, 2.75) is 19.8 Å². The zero-order valence-corrected chi connectivity index (χ0v) is 10.5. The minimum atomic E-state index is 0.569. The van der Waals surface area contributed by atoms with Gasteiger partial charge in [0.2, 0.25) is 0 Å². The van der Waals surface area contributed by atoms with Crippen molar-refractivity contribution in [1.82, 2.24) is 4.98 Å². The van der Waals surface area contributed by atoms with Gasteiger partial charge in [0.15, 0.2) is 5.13 Å². The Morgan fingerprint density at radius 2 is 2.40 bits per heavy atom. The van der Waals surface area contributed by atoms with Crippen LogP contribution >= 0.6 is 22.9 Å². The molecule has 0 fully saturated rings. The highest BCUT2D eigenvalue weighted by Gasteiger charge is 1.98. The number of nitrogens with one attached hydrogen (secondary N) is 1. The van der Waals surface area contributed by atoms with Crippen molar-refractivity contribution in [2.75, 3.05) is 31.0 Å². The van der Waals surface area contributed by atoms with Crippen molar-refractivity contribution >= 4 is 28.1 Å². The summed E-state index contributed by atoms with van der Waals surface area (Å²) in [5.74, 6) is 0.569. The average molecular weight is 249 g/mol. The normalized spacial score (nSPS) is 10.5. The van der Waals surface area contributed by atoms with Crippen molar-refractivity contribution in [3.8, 4) is 0 Å². The standard InChI is InChI=1S/C10H17ClN2OS/c1-2-9-8-15-10(13-9)12-5-3-6-14-7-4-11/h8H,2-7H2,1H3,(H,12,13). The Hall–Kier alpha value is -0.320. The number of halogens is 1. The van der Waals surface area contributed by atoms with E-state index in [-0.39, 0.29) is 0 Å². The van der Waals surface area contributed by atoms with E-state index in [9.17, 15) is 0 Å². The number of hydrogen-bond donors (Lipinski definition) is 1. The summed E-state index contributed by atoms with van der Waals surface area (Å²) in [7, 11) is 0. The van der Waals surface area contributed by atoms with E-state index in [2.05, 4.69) is 22.6 Å². The topological polar surface area (TPSA) is 34.1 Å². The highest BCUT2D eigenvalue weighted by molar-refractivity contribution is 7.13. The van der Waals surface area contributed by atoms with Crippen molar-refractivity contribution in [2.24, 2.45) is 0 Å². The molecule has 0 atom stereocenters. The Kier molecular flexibility index (Phi) is 6.72. The van der Waals surface area contributed by atoms with Crippen LogP contribution in [0.25, 0.3) is 0 Å². The van der Waals surface area contributed by atoms with Gasteiger partial charge in [-0.3, -0.25) is 0 Å². The maximum atomic E-state index is 5.48. The summed E-state index contributed by atoms with van der Waals surface area (Å²) < 4.78 is 5.26. The summed E-state index contributed by atoms with van der Waals surface area (Å²) in [6, 6.07) is 0. The minimum Gasteiger partial charge on any atom is -0.380 e. The molecule has 0 unspecified atom stereocenters. The fraction of sp³-hybridized carbons (Fsp3) is 0.700. The molecule has 3 nitrogen and oxygen atoms in total. The second-order valence-corrected chi connectivity index (χ2v) is 4.32. The number of thiazole rings is 1. The van der Waals surface area contributed by atoms with Gasteiger partial charge >= 0.3 is 0 Å². The molecule has 0 bridgehead atoms. The van der Waals surface area contributed by atoms with Crippen LogP contribution in [0.2, 0.25) is 0 Å². The van der Waals surface area contributed by atoms with Gasteiger partial charge < -0.3 is 10.1 Å². The van der Waals surface area contributed by atoms with Crippen molar-refractivity contribution in [1.29, 1.82) is 0 Å². The van der Waals surface area contributed by atoms with Gasteiger partial charge in [-0.1, -0.05) is 6.92 Å². The fourth-order valence-electron chi connectivity index (χ4n) is 1.08. The summed E-state index contributed by atoms with van der Waals surface area (Å²) in [6.07, 6.45) is 1.98. The number of aryl methyl sites for hydroxylation is 1. The molecule has 0 spiro atoms. The Balaban J connectivity index is 2.04. The maximum absolute atomic E-state index is 5.48. The summed E-state index contributed by atoms with van der Waals surface area (Å²) in [5, 5.41) is 6.36. The second kappa shape index (κ2) is 7.91. The first-order chi connectivity index (χ1) is 7.36. The van der Waals surface area contributed by atoms with Gasteiger partial charge in [0, 0.05) is 24.4 Å². The second-order valence-electron chi connectivity index (χ2n) is 3.08. The fourth-order valence-corrected chi connectivity index (χ4v) is 2.01. The van der Waals surface area contributed by atoms with Gasteiger partial charge in [0.05, 0.1) is 12.3 Å². The van der Waals surface area contributed by atoms with Crippen LogP contribution in [0.4, 0.5) is 5.13 Å². The third kappa shape index (κ3) is 5.35. The van der Waals surface area contributed by atoms with Crippen molar-refractivity contribution in [3.63, 3.8) is 0 Å². The first kappa shape index (κ1) is 12.7. The molecule has 15 heavy (non-hydrogen) atoms. The Bertz CT molecular complexity index is 268. The highest BCUT2D eigenvalue weighted by atomic mass is 35.5. The molecule has 0 aliphatic carbocycles. The van der Waals surface area contributed by atoms with Crippen LogP contribution in [0.5, 0.6) is 0 Å². The Morgan fingerprint density at radius 3 is 3.07 bits per heavy atom. The van der Waals surface area contributed by atoms with Crippen LogP contribution in [0.1, 0.15) is 19.0 Å². The molecule has 86 valence electrons. The van der Waals surface area contributed by atoms with E-state index in [1.807, 2.05) is 0 Å². The monoisotopic (exact) mass is 248 g/mol. The number of rotatable bonds is 8. The van der Waals surface area contributed by atoms with Crippen LogP contribution in [0.3, 0.4) is 0 Å². The summed E-state index contributed by atoms with van der Waals surface area (Å²) in [5.41, 5.74) is 1.15. The average Bonchev–Trinajstić information content (AvgIpc) is 2.71. The number of nitrogens with zero attached hydrogens (tertiary/aromatic N) is 1. The first-order valence-electron chi connectivity index (χ1n) is 5.18. The number of hydrogen-bond acceptors (Lipinski definition) is 4. The van der Waals surface area contributed by atoms with E-state index in [1.54, 1.807) is 11.3 Å². The van der Waals surface area contributed by atoms with Crippen LogP contribution < -0.4 is 5.32 Å². The van der Waals surface area contributed by atoms with Crippen LogP contribution in [0.15, 0.2) is 5.38 Å². The number of anilines is 1. The molecule has 0 aliphatic rings. The summed E-state index contributed by atoms with van der Waals surface area (Å²) in [6.45, 7) is 4.41. The zero-order valence-electron chi connectivity index (χ0n) is 8.96. The smallest absolute Gasteiger partial charge is 0.182 e. The van der Waals surface area contributed by atoms with E-state index >= 15 is 0 Å².